The second-order valence-corrected chi connectivity index (χ2v) is 5.90. The molecule has 2 amide bonds. The molecule has 1 aliphatic carbocycles. The van der Waals surface area contributed by atoms with Crippen LogP contribution in [0.3, 0.4) is 0 Å². The number of rotatable bonds is 2. The van der Waals surface area contributed by atoms with Crippen molar-refractivity contribution < 1.29 is 22.6 Å². The molecule has 1 aliphatic heterocycles. The van der Waals surface area contributed by atoms with Crippen molar-refractivity contribution in [3.05, 3.63) is 23.4 Å². The molecule has 10 heteroatoms. The van der Waals surface area contributed by atoms with Gasteiger partial charge in [-0.3, -0.25) is 9.35 Å². The Balaban J connectivity index is 2.36. The van der Waals surface area contributed by atoms with Gasteiger partial charge in [0.25, 0.3) is 10.1 Å². The molecule has 1 atom stereocenters. The van der Waals surface area contributed by atoms with Gasteiger partial charge in [-0.2, -0.15) is 13.5 Å². The number of fused-ring (bicyclic) bond motifs is 1. The number of likely N-dealkylation sites (N-methyl/N-ethyl adjacent to an activating group) is 1. The van der Waals surface area contributed by atoms with Crippen LogP contribution in [0.2, 0.25) is 0 Å². The number of hydrazone groups is 1. The molecule has 1 saturated heterocycles. The predicted molar refractivity (Wildman–Crippen MR) is 69.0 cm³/mol. The first-order chi connectivity index (χ1) is 9.20. The van der Waals surface area contributed by atoms with Crippen LogP contribution in [0.1, 0.15) is 6.42 Å². The number of nitrogens with zero attached hydrogens (tertiary/aromatic N) is 2. The SMILES string of the molecule is CN1C2=CC(=O)C(=NNC(N)=O)C=C2CC1S(=O)(=O)O. The van der Waals surface area contributed by atoms with Crippen molar-refractivity contribution in [2.75, 3.05) is 7.05 Å². The molecule has 4 N–H and O–H groups in total. The normalized spacial score (nSPS) is 24.3. The summed E-state index contributed by atoms with van der Waals surface area (Å²) >= 11 is 0. The number of carbonyl (C=O) groups is 2. The standard InChI is InChI=1S/C10H12N4O5S/c1-14-7-4-8(15)6(12-13-10(11)16)2-5(7)3-9(14)20(17,18)19/h2,4,9H,3H2,1H3,(H3,11,13,16)(H,17,18,19). The summed E-state index contributed by atoms with van der Waals surface area (Å²) in [4.78, 5) is 23.6. The monoisotopic (exact) mass is 300 g/mol. The van der Waals surface area contributed by atoms with E-state index in [0.717, 1.165) is 0 Å². The third-order valence-electron chi connectivity index (χ3n) is 3.00. The number of hydrogen-bond donors (Lipinski definition) is 3. The Kier molecular flexibility index (Phi) is 3.36. The van der Waals surface area contributed by atoms with Crippen molar-refractivity contribution in [3.63, 3.8) is 0 Å². The average molecular weight is 300 g/mol. The Labute approximate surface area is 114 Å². The van der Waals surface area contributed by atoms with Crippen LogP contribution in [0.4, 0.5) is 4.79 Å². The lowest BCUT2D eigenvalue weighted by Crippen LogP contribution is -2.32. The lowest BCUT2D eigenvalue weighted by Gasteiger charge is -2.20. The van der Waals surface area contributed by atoms with E-state index >= 15 is 0 Å². The summed E-state index contributed by atoms with van der Waals surface area (Å²) in [6.07, 6.45) is 2.57. The van der Waals surface area contributed by atoms with Gasteiger partial charge in [-0.05, 0) is 11.6 Å². The van der Waals surface area contributed by atoms with Crippen LogP contribution >= 0.6 is 0 Å². The highest BCUT2D eigenvalue weighted by Gasteiger charge is 2.39. The zero-order valence-electron chi connectivity index (χ0n) is 10.4. The van der Waals surface area contributed by atoms with E-state index in [1.807, 2.05) is 5.43 Å². The van der Waals surface area contributed by atoms with Gasteiger partial charge >= 0.3 is 6.03 Å². The van der Waals surface area contributed by atoms with Gasteiger partial charge in [-0.15, -0.1) is 0 Å². The van der Waals surface area contributed by atoms with E-state index in [0.29, 0.717) is 11.3 Å². The van der Waals surface area contributed by atoms with Crippen molar-refractivity contribution in [3.8, 4) is 0 Å². The number of likely N-dealkylation sites (tertiary alicyclic amines) is 1. The van der Waals surface area contributed by atoms with Gasteiger partial charge in [0.05, 0.1) is 0 Å². The summed E-state index contributed by atoms with van der Waals surface area (Å²) in [5.74, 6) is -0.500. The van der Waals surface area contributed by atoms with E-state index in [9.17, 15) is 18.0 Å². The number of carbonyl (C=O) groups excluding carboxylic acids is 2. The van der Waals surface area contributed by atoms with Crippen molar-refractivity contribution in [2.24, 2.45) is 10.8 Å². The van der Waals surface area contributed by atoms with Crippen molar-refractivity contribution in [1.82, 2.24) is 10.3 Å². The van der Waals surface area contributed by atoms with Crippen LogP contribution < -0.4 is 11.2 Å². The van der Waals surface area contributed by atoms with Crippen molar-refractivity contribution >= 4 is 27.6 Å². The van der Waals surface area contributed by atoms with Crippen LogP contribution in [-0.4, -0.2) is 47.8 Å². The Morgan fingerprint density at radius 1 is 1.55 bits per heavy atom. The molecule has 0 spiro atoms. The van der Waals surface area contributed by atoms with Gasteiger partial charge in [-0.1, -0.05) is 0 Å². The number of amides is 2. The topological polar surface area (TPSA) is 142 Å². The second kappa shape index (κ2) is 4.72. The number of nitrogens with two attached hydrogens (primary N) is 1. The minimum absolute atomic E-state index is 0.0179. The summed E-state index contributed by atoms with van der Waals surface area (Å²) in [6, 6.07) is -0.919. The molecule has 1 heterocycles. The number of hydrogen-bond acceptors (Lipinski definition) is 6. The molecule has 0 aromatic carbocycles. The Bertz CT molecular complexity index is 676. The lowest BCUT2D eigenvalue weighted by atomic mass is 10.0. The molecule has 2 aliphatic rings. The summed E-state index contributed by atoms with van der Waals surface area (Å²) in [5, 5.41) is 2.39. The molecular formula is C10H12N4O5S. The number of allylic oxidation sites excluding steroid dienone is 3. The number of nitrogens with one attached hydrogen (secondary N) is 1. The molecule has 9 nitrogen and oxygen atoms in total. The maximum Gasteiger partial charge on any atom is 0.332 e. The van der Waals surface area contributed by atoms with Gasteiger partial charge in [0.1, 0.15) is 5.71 Å². The zero-order chi connectivity index (χ0) is 15.1. The molecule has 1 fully saturated rings. The van der Waals surface area contributed by atoms with Crippen LogP contribution in [0, 0.1) is 0 Å². The Hall–Kier alpha value is -2.20. The highest BCUT2D eigenvalue weighted by molar-refractivity contribution is 7.86. The number of primary amides is 1. The quantitative estimate of drug-likeness (QED) is 0.337. The van der Waals surface area contributed by atoms with E-state index in [2.05, 4.69) is 5.10 Å². The van der Waals surface area contributed by atoms with E-state index in [-0.39, 0.29) is 12.1 Å². The van der Waals surface area contributed by atoms with E-state index in [1.54, 1.807) is 0 Å². The van der Waals surface area contributed by atoms with Crippen LogP contribution in [0.15, 0.2) is 28.5 Å². The average Bonchev–Trinajstić information content (AvgIpc) is 2.63. The molecule has 0 bridgehead atoms. The van der Waals surface area contributed by atoms with Crippen molar-refractivity contribution in [2.45, 2.75) is 11.8 Å². The summed E-state index contributed by atoms with van der Waals surface area (Å²) in [7, 11) is -2.81. The fourth-order valence-corrected chi connectivity index (χ4v) is 2.98. The van der Waals surface area contributed by atoms with Crippen molar-refractivity contribution in [1.29, 1.82) is 0 Å². The minimum Gasteiger partial charge on any atom is -0.356 e. The zero-order valence-corrected chi connectivity index (χ0v) is 11.2. The first-order valence-electron chi connectivity index (χ1n) is 5.49. The fraction of sp³-hybridized carbons (Fsp3) is 0.300. The summed E-state index contributed by atoms with van der Waals surface area (Å²) < 4.78 is 31.6. The maximum absolute atomic E-state index is 11.8. The largest absolute Gasteiger partial charge is 0.356 e. The van der Waals surface area contributed by atoms with Crippen LogP contribution in [0.5, 0.6) is 0 Å². The van der Waals surface area contributed by atoms with Gasteiger partial charge in [0.2, 0.25) is 5.78 Å². The smallest absolute Gasteiger partial charge is 0.332 e. The fourth-order valence-electron chi connectivity index (χ4n) is 2.08. The van der Waals surface area contributed by atoms with Crippen LogP contribution in [0.25, 0.3) is 0 Å². The maximum atomic E-state index is 11.8. The van der Waals surface area contributed by atoms with Gasteiger partial charge in [-0.25, -0.2) is 10.2 Å². The Morgan fingerprint density at radius 2 is 2.20 bits per heavy atom. The second-order valence-electron chi connectivity index (χ2n) is 4.32. The van der Waals surface area contributed by atoms with Gasteiger partial charge in [0.15, 0.2) is 5.37 Å². The molecule has 108 valence electrons. The van der Waals surface area contributed by atoms with E-state index in [4.69, 9.17) is 10.3 Å². The molecule has 0 aromatic heterocycles. The van der Waals surface area contributed by atoms with E-state index < -0.39 is 27.3 Å². The van der Waals surface area contributed by atoms with Gasteiger partial charge in [0, 0.05) is 25.2 Å². The minimum atomic E-state index is -4.27. The molecule has 2 rings (SSSR count). The third kappa shape index (κ3) is 2.56. The van der Waals surface area contributed by atoms with Crippen LogP contribution in [-0.2, 0) is 14.9 Å². The van der Waals surface area contributed by atoms with Gasteiger partial charge < -0.3 is 10.6 Å². The molecular weight excluding hydrogens is 288 g/mol. The summed E-state index contributed by atoms with van der Waals surface area (Å²) in [6.45, 7) is 0. The summed E-state index contributed by atoms with van der Waals surface area (Å²) in [5.41, 5.74) is 7.63. The molecule has 0 saturated carbocycles. The molecule has 0 radical (unpaired) electrons. The molecule has 20 heavy (non-hydrogen) atoms. The Morgan fingerprint density at radius 3 is 2.75 bits per heavy atom. The predicted octanol–water partition coefficient (Wildman–Crippen LogP) is -1.05. The first-order valence-corrected chi connectivity index (χ1v) is 6.99. The third-order valence-corrected chi connectivity index (χ3v) is 4.17. The molecule has 1 unspecified atom stereocenters. The van der Waals surface area contributed by atoms with E-state index in [1.165, 1.54) is 24.1 Å². The first kappa shape index (κ1) is 14.2. The molecule has 0 aromatic rings. The highest BCUT2D eigenvalue weighted by Crippen LogP contribution is 2.35. The lowest BCUT2D eigenvalue weighted by molar-refractivity contribution is -0.109. The number of urea groups is 1. The highest BCUT2D eigenvalue weighted by atomic mass is 32.2. The number of ketones is 1.